The molecule has 2 bridgehead atoms. The molecular weight excluding hydrogens is 421 g/mol. The molecule has 2 aromatic heterocycles. The number of imidazole rings is 1. The first-order chi connectivity index (χ1) is 14.7. The second-order valence-corrected chi connectivity index (χ2v) is 8.80. The predicted octanol–water partition coefficient (Wildman–Crippen LogP) is 4.45. The molecule has 2 fully saturated rings. The normalized spacial score (nSPS) is 22.6. The Bertz CT molecular complexity index is 1100. The fourth-order valence-electron chi connectivity index (χ4n) is 4.41. The molecule has 2 aliphatic rings. The summed E-state index contributed by atoms with van der Waals surface area (Å²) in [7, 11) is 0. The summed E-state index contributed by atoms with van der Waals surface area (Å²) in [4.78, 5) is 12.2. The van der Waals surface area contributed by atoms with Gasteiger partial charge in [0, 0.05) is 11.6 Å². The number of benzene rings is 1. The van der Waals surface area contributed by atoms with Crippen molar-refractivity contribution in [1.29, 1.82) is 0 Å². The number of ether oxygens (including phenoxy) is 1. The van der Waals surface area contributed by atoms with Crippen LogP contribution >= 0.6 is 11.6 Å². The lowest BCUT2D eigenvalue weighted by atomic mass is 10.1. The highest BCUT2D eigenvalue weighted by Crippen LogP contribution is 2.33. The minimum absolute atomic E-state index is 0.0912. The lowest BCUT2D eigenvalue weighted by Crippen LogP contribution is -2.31. The highest BCUT2D eigenvalue weighted by atomic mass is 35.5. The smallest absolute Gasteiger partial charge is 0.220 e. The van der Waals surface area contributed by atoms with E-state index in [2.05, 4.69) is 15.0 Å². The van der Waals surface area contributed by atoms with E-state index in [9.17, 15) is 9.50 Å². The van der Waals surface area contributed by atoms with Gasteiger partial charge in [0.05, 0.1) is 40.7 Å². The lowest BCUT2D eigenvalue weighted by Gasteiger charge is -2.24. The number of nitrogens with zero attached hydrogens (tertiary/aromatic N) is 4. The molecule has 1 aromatic carbocycles. The number of hydrogen-bond donors (Lipinski definition) is 2. The minimum Gasteiger partial charge on any atom is -0.390 e. The third kappa shape index (κ3) is 4.37. The van der Waals surface area contributed by atoms with Crippen LogP contribution in [0.15, 0.2) is 18.3 Å². The maximum absolute atomic E-state index is 14.4. The molecule has 31 heavy (non-hydrogen) atoms. The zero-order valence-electron chi connectivity index (χ0n) is 17.8. The quantitative estimate of drug-likeness (QED) is 0.602. The van der Waals surface area contributed by atoms with Gasteiger partial charge in [-0.25, -0.2) is 19.3 Å². The van der Waals surface area contributed by atoms with E-state index in [1.54, 1.807) is 0 Å². The van der Waals surface area contributed by atoms with Gasteiger partial charge in [-0.2, -0.15) is 0 Å². The van der Waals surface area contributed by atoms with E-state index in [4.69, 9.17) is 22.1 Å². The number of halogens is 2. The van der Waals surface area contributed by atoms with Crippen molar-refractivity contribution in [1.82, 2.24) is 19.5 Å². The molecule has 3 aromatic rings. The molecule has 2 unspecified atom stereocenters. The zero-order chi connectivity index (χ0) is 22.3. The van der Waals surface area contributed by atoms with Gasteiger partial charge in [-0.3, -0.25) is 0 Å². The van der Waals surface area contributed by atoms with Crippen LogP contribution in [0.1, 0.15) is 51.4 Å². The van der Waals surface area contributed by atoms with Crippen LogP contribution in [0, 0.1) is 12.7 Å². The number of aromatic nitrogens is 4. The molecule has 2 aliphatic heterocycles. The van der Waals surface area contributed by atoms with Crippen molar-refractivity contribution in [2.24, 2.45) is 0 Å². The largest absolute Gasteiger partial charge is 0.390 e. The second-order valence-electron chi connectivity index (χ2n) is 8.39. The van der Waals surface area contributed by atoms with E-state index < -0.39 is 5.82 Å². The number of fused-ring (bicyclic) bond motifs is 3. The fraction of sp³-hybridized carbons (Fsp3) is 0.500. The Morgan fingerprint density at radius 3 is 2.68 bits per heavy atom. The molecule has 3 N–H and O–H groups in total. The fourth-order valence-corrected chi connectivity index (χ4v) is 4.61. The molecular formula is C22H27ClFN5O2. The summed E-state index contributed by atoms with van der Waals surface area (Å²) in [6.45, 7) is 5.90. The van der Waals surface area contributed by atoms with Gasteiger partial charge in [-0.15, -0.1) is 0 Å². The first-order valence-electron chi connectivity index (χ1n) is 10.5. The summed E-state index contributed by atoms with van der Waals surface area (Å²) in [5, 5.41) is 9.59. The van der Waals surface area contributed by atoms with E-state index in [-0.39, 0.29) is 24.2 Å². The molecule has 5 rings (SSSR count). The van der Waals surface area contributed by atoms with Crippen molar-refractivity contribution in [2.45, 2.75) is 70.8 Å². The zero-order valence-corrected chi connectivity index (χ0v) is 18.6. The lowest BCUT2D eigenvalue weighted by molar-refractivity contribution is -0.0746. The Hall–Kier alpha value is -2.29. The van der Waals surface area contributed by atoms with Crippen LogP contribution < -0.4 is 5.73 Å². The first kappa shape index (κ1) is 21.9. The van der Waals surface area contributed by atoms with Crippen molar-refractivity contribution in [3.8, 4) is 11.3 Å². The van der Waals surface area contributed by atoms with Crippen LogP contribution in [0.3, 0.4) is 0 Å². The average Bonchev–Trinajstić information content (AvgIpc) is 3.28. The van der Waals surface area contributed by atoms with Crippen molar-refractivity contribution in [3.63, 3.8) is 0 Å². The van der Waals surface area contributed by atoms with Crippen LogP contribution in [-0.2, 0) is 4.74 Å². The van der Waals surface area contributed by atoms with Gasteiger partial charge in [0.2, 0.25) is 5.95 Å². The third-order valence-electron chi connectivity index (χ3n) is 5.83. The van der Waals surface area contributed by atoms with Gasteiger partial charge in [0.15, 0.2) is 5.82 Å². The Balaban J connectivity index is 0.000000212. The van der Waals surface area contributed by atoms with E-state index in [0.717, 1.165) is 25.1 Å². The van der Waals surface area contributed by atoms with Crippen LogP contribution in [0.25, 0.3) is 22.3 Å². The number of aryl methyl sites for hydroxylation is 1. The summed E-state index contributed by atoms with van der Waals surface area (Å²) >= 11 is 6.12. The van der Waals surface area contributed by atoms with Crippen molar-refractivity contribution in [2.75, 3.05) is 5.73 Å². The maximum Gasteiger partial charge on any atom is 0.220 e. The topological polar surface area (TPSA) is 99.1 Å². The van der Waals surface area contributed by atoms with Gasteiger partial charge in [-0.1, -0.05) is 11.6 Å². The second kappa shape index (κ2) is 8.68. The summed E-state index contributed by atoms with van der Waals surface area (Å²) in [6, 6.07) is 3.35. The Morgan fingerprint density at radius 1 is 1.23 bits per heavy atom. The van der Waals surface area contributed by atoms with Crippen LogP contribution in [0.2, 0.25) is 5.02 Å². The van der Waals surface area contributed by atoms with E-state index in [1.165, 1.54) is 18.7 Å². The van der Waals surface area contributed by atoms with Crippen LogP contribution in [0.4, 0.5) is 10.3 Å². The number of aliphatic hydroxyl groups excluding tert-OH is 1. The number of rotatable bonds is 2. The van der Waals surface area contributed by atoms with Gasteiger partial charge in [0.1, 0.15) is 11.3 Å². The Morgan fingerprint density at radius 2 is 1.97 bits per heavy atom. The van der Waals surface area contributed by atoms with E-state index in [0.29, 0.717) is 33.4 Å². The van der Waals surface area contributed by atoms with E-state index in [1.807, 2.05) is 31.4 Å². The molecule has 3 atom stereocenters. The number of aliphatic hydroxyl groups is 1. The third-order valence-corrected chi connectivity index (χ3v) is 6.11. The molecule has 0 aliphatic carbocycles. The molecule has 7 nitrogen and oxygen atoms in total. The number of nitrogen functional groups attached to an aromatic ring is 1. The van der Waals surface area contributed by atoms with Crippen molar-refractivity contribution >= 4 is 28.6 Å². The number of anilines is 1. The summed E-state index contributed by atoms with van der Waals surface area (Å²) in [6.07, 6.45) is 6.18. The minimum atomic E-state index is -0.414. The highest BCUT2D eigenvalue weighted by molar-refractivity contribution is 6.33. The first-order valence-corrected chi connectivity index (χ1v) is 10.9. The molecule has 0 radical (unpaired) electrons. The monoisotopic (exact) mass is 447 g/mol. The molecule has 0 spiro atoms. The van der Waals surface area contributed by atoms with Gasteiger partial charge < -0.3 is 20.1 Å². The van der Waals surface area contributed by atoms with Gasteiger partial charge in [0.25, 0.3) is 0 Å². The van der Waals surface area contributed by atoms with E-state index >= 15 is 0 Å². The molecule has 166 valence electrons. The number of hydrogen-bond acceptors (Lipinski definition) is 6. The highest BCUT2D eigenvalue weighted by Gasteiger charge is 2.35. The van der Waals surface area contributed by atoms with Crippen molar-refractivity contribution < 1.29 is 14.2 Å². The van der Waals surface area contributed by atoms with Gasteiger partial charge in [-0.05, 0) is 58.6 Å². The Labute approximate surface area is 185 Å². The number of nitrogens with two attached hydrogens (primary N) is 1. The van der Waals surface area contributed by atoms with Gasteiger partial charge >= 0.3 is 0 Å². The molecule has 9 heteroatoms. The Kier molecular flexibility index (Phi) is 6.14. The van der Waals surface area contributed by atoms with Crippen LogP contribution in [-0.4, -0.2) is 42.9 Å². The summed E-state index contributed by atoms with van der Waals surface area (Å²) < 4.78 is 21.9. The average molecular weight is 448 g/mol. The molecule has 4 heterocycles. The molecule has 0 saturated carbocycles. The predicted molar refractivity (Wildman–Crippen MR) is 118 cm³/mol. The SMILES string of the molecule is Cc1nc2c(F)cc(-c3nc(N)ncc3Cl)cc2n1C(C)C.OC1CC[C@@H]2CCC1O2. The van der Waals surface area contributed by atoms with Crippen molar-refractivity contribution in [3.05, 3.63) is 35.0 Å². The maximum atomic E-state index is 14.4. The summed E-state index contributed by atoms with van der Waals surface area (Å²) in [5.41, 5.74) is 7.60. The molecule has 2 saturated heterocycles. The standard InChI is InChI=1S/C15H15ClFN5.C7H12O2/c1-7(2)22-8(3)20-14-11(17)4-9(5-12(14)22)13-10(16)6-19-15(18)21-13;8-6-3-1-5-2-4-7(6)9-5/h4-7H,1-3H3,(H2,18,19,21);5-8H,1-4H2/t;5-,6?,7?/m.1/s1. The van der Waals surface area contributed by atoms with Crippen LogP contribution in [0.5, 0.6) is 0 Å². The summed E-state index contributed by atoms with van der Waals surface area (Å²) in [5.74, 6) is 0.436. The molecule has 0 amide bonds.